The van der Waals surface area contributed by atoms with E-state index in [2.05, 4.69) is 51.1 Å². The van der Waals surface area contributed by atoms with E-state index in [0.717, 1.165) is 12.8 Å². The van der Waals surface area contributed by atoms with Gasteiger partial charge in [0.25, 0.3) is 0 Å². The molecule has 0 radical (unpaired) electrons. The molecule has 0 saturated heterocycles. The van der Waals surface area contributed by atoms with Gasteiger partial charge in [0, 0.05) is 0 Å². The standard InChI is InChI=1S/C18H25N/c1-4-10-17(11-5-2)12-18(13-17,14-19)16-8-6-15(3)7-9-16/h6-9H,4-5,10-13H2,1-3H3. The third kappa shape index (κ3) is 2.54. The van der Waals surface area contributed by atoms with Crippen LogP contribution in [0.5, 0.6) is 0 Å². The molecular weight excluding hydrogens is 230 g/mol. The van der Waals surface area contributed by atoms with Crippen molar-refractivity contribution in [2.75, 3.05) is 0 Å². The molecule has 0 amide bonds. The highest BCUT2D eigenvalue weighted by Gasteiger charge is 2.54. The van der Waals surface area contributed by atoms with E-state index in [1.165, 1.54) is 36.8 Å². The van der Waals surface area contributed by atoms with Gasteiger partial charge in [0.15, 0.2) is 0 Å². The summed E-state index contributed by atoms with van der Waals surface area (Å²) in [7, 11) is 0. The highest BCUT2D eigenvalue weighted by atomic mass is 14.6. The van der Waals surface area contributed by atoms with Crippen LogP contribution in [-0.4, -0.2) is 0 Å². The lowest BCUT2D eigenvalue weighted by Gasteiger charge is -2.53. The van der Waals surface area contributed by atoms with E-state index < -0.39 is 0 Å². The van der Waals surface area contributed by atoms with Gasteiger partial charge >= 0.3 is 0 Å². The van der Waals surface area contributed by atoms with Crippen LogP contribution in [-0.2, 0) is 5.41 Å². The van der Waals surface area contributed by atoms with E-state index in [0.29, 0.717) is 5.41 Å². The Labute approximate surface area is 117 Å². The summed E-state index contributed by atoms with van der Waals surface area (Å²) in [5.74, 6) is 0. The number of benzene rings is 1. The van der Waals surface area contributed by atoms with Gasteiger partial charge in [0.05, 0.1) is 11.5 Å². The zero-order chi connectivity index (χ0) is 13.9. The predicted molar refractivity (Wildman–Crippen MR) is 80.0 cm³/mol. The number of aryl methyl sites for hydroxylation is 1. The molecule has 0 atom stereocenters. The first kappa shape index (κ1) is 14.1. The van der Waals surface area contributed by atoms with Crippen molar-refractivity contribution in [3.8, 4) is 6.07 Å². The van der Waals surface area contributed by atoms with E-state index in [-0.39, 0.29) is 5.41 Å². The Balaban J connectivity index is 2.20. The van der Waals surface area contributed by atoms with E-state index >= 15 is 0 Å². The summed E-state index contributed by atoms with van der Waals surface area (Å²) in [6.07, 6.45) is 7.12. The molecule has 1 aromatic carbocycles. The second kappa shape index (κ2) is 5.37. The number of nitrogens with zero attached hydrogens (tertiary/aromatic N) is 1. The summed E-state index contributed by atoms with van der Waals surface area (Å²) in [4.78, 5) is 0. The minimum Gasteiger partial charge on any atom is -0.197 e. The lowest BCUT2D eigenvalue weighted by Crippen LogP contribution is -2.48. The molecule has 1 heteroatoms. The van der Waals surface area contributed by atoms with Gasteiger partial charge in [-0.3, -0.25) is 0 Å². The largest absolute Gasteiger partial charge is 0.197 e. The zero-order valence-corrected chi connectivity index (χ0v) is 12.5. The van der Waals surface area contributed by atoms with Crippen molar-refractivity contribution in [1.29, 1.82) is 5.26 Å². The van der Waals surface area contributed by atoms with Crippen LogP contribution >= 0.6 is 0 Å². The van der Waals surface area contributed by atoms with Crippen LogP contribution in [0, 0.1) is 23.7 Å². The highest BCUT2D eigenvalue weighted by molar-refractivity contribution is 5.39. The Bertz CT molecular complexity index is 449. The fourth-order valence-electron chi connectivity index (χ4n) is 3.99. The van der Waals surface area contributed by atoms with Gasteiger partial charge in [-0.2, -0.15) is 5.26 Å². The quantitative estimate of drug-likeness (QED) is 0.715. The molecule has 1 aliphatic carbocycles. The molecule has 19 heavy (non-hydrogen) atoms. The maximum atomic E-state index is 9.68. The molecule has 1 aliphatic rings. The van der Waals surface area contributed by atoms with Crippen molar-refractivity contribution in [3.63, 3.8) is 0 Å². The van der Waals surface area contributed by atoms with Gasteiger partial charge in [0.2, 0.25) is 0 Å². The Hall–Kier alpha value is -1.29. The first-order valence-electron chi connectivity index (χ1n) is 7.58. The van der Waals surface area contributed by atoms with E-state index in [1.54, 1.807) is 0 Å². The van der Waals surface area contributed by atoms with Gasteiger partial charge in [-0.05, 0) is 43.6 Å². The van der Waals surface area contributed by atoms with Crippen molar-refractivity contribution in [2.45, 2.75) is 64.7 Å². The molecule has 0 heterocycles. The summed E-state index contributed by atoms with van der Waals surface area (Å²) in [5, 5.41) is 9.68. The molecule has 0 spiro atoms. The number of rotatable bonds is 5. The summed E-state index contributed by atoms with van der Waals surface area (Å²) < 4.78 is 0. The molecule has 0 aromatic heterocycles. The van der Waals surface area contributed by atoms with Gasteiger partial charge in [-0.1, -0.05) is 56.5 Å². The lowest BCUT2D eigenvalue weighted by atomic mass is 9.48. The van der Waals surface area contributed by atoms with Crippen molar-refractivity contribution in [3.05, 3.63) is 35.4 Å². The van der Waals surface area contributed by atoms with Crippen LogP contribution in [0.4, 0.5) is 0 Å². The number of nitriles is 1. The smallest absolute Gasteiger partial charge is 0.0833 e. The van der Waals surface area contributed by atoms with E-state index in [4.69, 9.17) is 0 Å². The average Bonchev–Trinajstić information content (AvgIpc) is 2.36. The first-order valence-corrected chi connectivity index (χ1v) is 7.58. The first-order chi connectivity index (χ1) is 9.10. The summed E-state index contributed by atoms with van der Waals surface area (Å²) in [5.41, 5.74) is 2.72. The van der Waals surface area contributed by atoms with Gasteiger partial charge in [-0.25, -0.2) is 0 Å². The van der Waals surface area contributed by atoms with Crippen LogP contribution in [0.25, 0.3) is 0 Å². The Morgan fingerprint density at radius 2 is 1.58 bits per heavy atom. The lowest BCUT2D eigenvalue weighted by molar-refractivity contribution is 0.0358. The minimum atomic E-state index is -0.210. The maximum Gasteiger partial charge on any atom is 0.0833 e. The molecule has 1 nitrogen and oxygen atoms in total. The van der Waals surface area contributed by atoms with Crippen molar-refractivity contribution in [1.82, 2.24) is 0 Å². The molecule has 1 fully saturated rings. The van der Waals surface area contributed by atoms with Gasteiger partial charge in [-0.15, -0.1) is 0 Å². The van der Waals surface area contributed by atoms with Crippen molar-refractivity contribution in [2.24, 2.45) is 5.41 Å². The summed E-state index contributed by atoms with van der Waals surface area (Å²) in [6, 6.07) is 11.2. The van der Waals surface area contributed by atoms with E-state index in [9.17, 15) is 5.26 Å². The second-order valence-electron chi connectivity index (χ2n) is 6.41. The molecule has 102 valence electrons. The fourth-order valence-corrected chi connectivity index (χ4v) is 3.99. The summed E-state index contributed by atoms with van der Waals surface area (Å²) in [6.45, 7) is 6.62. The molecule has 1 saturated carbocycles. The molecule has 0 N–H and O–H groups in total. The Kier molecular flexibility index (Phi) is 3.99. The van der Waals surface area contributed by atoms with Crippen LogP contribution in [0.2, 0.25) is 0 Å². The van der Waals surface area contributed by atoms with Gasteiger partial charge in [0.1, 0.15) is 0 Å². The topological polar surface area (TPSA) is 23.8 Å². The SMILES string of the molecule is CCCC1(CCC)CC(C#N)(c2ccc(C)cc2)C1. The van der Waals surface area contributed by atoms with Crippen LogP contribution in [0.3, 0.4) is 0 Å². The molecule has 2 rings (SSSR count). The normalized spacial score (nSPS) is 19.5. The summed E-state index contributed by atoms with van der Waals surface area (Å²) >= 11 is 0. The van der Waals surface area contributed by atoms with E-state index in [1.807, 2.05) is 0 Å². The monoisotopic (exact) mass is 255 g/mol. The minimum absolute atomic E-state index is 0.210. The van der Waals surface area contributed by atoms with Gasteiger partial charge < -0.3 is 0 Å². The molecule has 0 bridgehead atoms. The third-order valence-electron chi connectivity index (χ3n) is 4.73. The number of hydrogen-bond acceptors (Lipinski definition) is 1. The maximum absolute atomic E-state index is 9.68. The number of hydrogen-bond donors (Lipinski definition) is 0. The van der Waals surface area contributed by atoms with Crippen LogP contribution < -0.4 is 0 Å². The predicted octanol–water partition coefficient (Wildman–Crippen LogP) is 5.14. The van der Waals surface area contributed by atoms with Crippen molar-refractivity contribution >= 4 is 0 Å². The Morgan fingerprint density at radius 3 is 2.00 bits per heavy atom. The Morgan fingerprint density at radius 1 is 1.05 bits per heavy atom. The average molecular weight is 255 g/mol. The fraction of sp³-hybridized carbons (Fsp3) is 0.611. The van der Waals surface area contributed by atoms with Crippen molar-refractivity contribution < 1.29 is 0 Å². The second-order valence-corrected chi connectivity index (χ2v) is 6.41. The highest BCUT2D eigenvalue weighted by Crippen LogP contribution is 2.59. The third-order valence-corrected chi connectivity index (χ3v) is 4.73. The molecule has 1 aromatic rings. The molecule has 0 unspecified atom stereocenters. The molecule has 0 aliphatic heterocycles. The van der Waals surface area contributed by atoms with Crippen LogP contribution in [0.15, 0.2) is 24.3 Å². The molecular formula is C18H25N. The van der Waals surface area contributed by atoms with Crippen LogP contribution in [0.1, 0.15) is 63.5 Å². The zero-order valence-electron chi connectivity index (χ0n) is 12.5.